The number of benzene rings is 2. The first kappa shape index (κ1) is 20.7. The molecule has 6 heteroatoms. The van der Waals surface area contributed by atoms with Crippen LogP contribution in [0.5, 0.6) is 0 Å². The smallest absolute Gasteiger partial charge is 0.254 e. The maximum Gasteiger partial charge on any atom is 0.254 e. The minimum atomic E-state index is 0.0177. The van der Waals surface area contributed by atoms with Gasteiger partial charge in [0.1, 0.15) is 0 Å². The number of hydrogen-bond acceptors (Lipinski definition) is 3. The van der Waals surface area contributed by atoms with Crippen LogP contribution in [-0.2, 0) is 4.79 Å². The molecule has 2 aromatic carbocycles. The van der Waals surface area contributed by atoms with Gasteiger partial charge < -0.3 is 14.7 Å². The highest BCUT2D eigenvalue weighted by Gasteiger charge is 2.27. The van der Waals surface area contributed by atoms with Crippen LogP contribution in [0.15, 0.2) is 48.0 Å². The lowest BCUT2D eigenvalue weighted by Crippen LogP contribution is -2.28. The molecule has 0 spiro atoms. The molecule has 1 saturated heterocycles. The molecule has 0 saturated carbocycles. The number of likely N-dealkylation sites (N-methyl/N-ethyl adjacent to an activating group) is 2. The van der Waals surface area contributed by atoms with Gasteiger partial charge in [-0.2, -0.15) is 0 Å². The lowest BCUT2D eigenvalue weighted by Gasteiger charge is -2.23. The molecule has 0 aliphatic carbocycles. The van der Waals surface area contributed by atoms with Crippen molar-refractivity contribution in [2.24, 2.45) is 0 Å². The zero-order valence-electron chi connectivity index (χ0n) is 16.5. The Balaban J connectivity index is 1.83. The minimum Gasteiger partial charge on any atom is -0.373 e. The Morgan fingerprint density at radius 3 is 2.50 bits per heavy atom. The van der Waals surface area contributed by atoms with E-state index in [9.17, 15) is 4.79 Å². The fraction of sp³-hybridized carbons (Fsp3) is 0.318. The Bertz CT molecular complexity index is 895. The van der Waals surface area contributed by atoms with Gasteiger partial charge in [-0.05, 0) is 56.4 Å². The zero-order chi connectivity index (χ0) is 20.3. The van der Waals surface area contributed by atoms with Gasteiger partial charge in [0, 0.05) is 43.6 Å². The second-order valence-corrected chi connectivity index (χ2v) is 8.07. The summed E-state index contributed by atoms with van der Waals surface area (Å²) in [5.74, 6) is 0.0177. The van der Waals surface area contributed by atoms with E-state index in [1.54, 1.807) is 17.0 Å². The van der Waals surface area contributed by atoms with E-state index < -0.39 is 0 Å². The molecule has 3 rings (SSSR count). The number of amides is 1. The largest absolute Gasteiger partial charge is 0.373 e. The molecule has 2 aromatic rings. The predicted octanol–water partition coefficient (Wildman–Crippen LogP) is 4.81. The highest BCUT2D eigenvalue weighted by Crippen LogP contribution is 2.32. The molecule has 0 aromatic heterocycles. The van der Waals surface area contributed by atoms with Crippen LogP contribution in [0.25, 0.3) is 6.08 Å². The maximum atomic E-state index is 13.0. The summed E-state index contributed by atoms with van der Waals surface area (Å²) in [6.07, 6.45) is 2.72. The lowest BCUT2D eigenvalue weighted by molar-refractivity contribution is -0.114. The van der Waals surface area contributed by atoms with E-state index in [0.717, 1.165) is 35.6 Å². The highest BCUT2D eigenvalue weighted by molar-refractivity contribution is 6.42. The second-order valence-electron chi connectivity index (χ2n) is 7.26. The van der Waals surface area contributed by atoms with Gasteiger partial charge in [0.15, 0.2) is 0 Å². The number of para-hydroxylation sites is 1. The summed E-state index contributed by atoms with van der Waals surface area (Å²) in [6.45, 7) is 2.52. The fourth-order valence-corrected chi connectivity index (χ4v) is 3.55. The van der Waals surface area contributed by atoms with Gasteiger partial charge in [-0.25, -0.2) is 0 Å². The highest BCUT2D eigenvalue weighted by atomic mass is 35.5. The molecule has 0 atom stereocenters. The fourth-order valence-electron chi connectivity index (χ4n) is 3.26. The zero-order valence-corrected chi connectivity index (χ0v) is 18.0. The minimum absolute atomic E-state index is 0.0177. The quantitative estimate of drug-likeness (QED) is 0.630. The third-order valence-electron chi connectivity index (χ3n) is 4.90. The number of hydrogen-bond donors (Lipinski definition) is 0. The van der Waals surface area contributed by atoms with E-state index in [1.165, 1.54) is 0 Å². The van der Waals surface area contributed by atoms with Crippen LogP contribution in [0.3, 0.4) is 0 Å². The Morgan fingerprint density at radius 2 is 1.79 bits per heavy atom. The van der Waals surface area contributed by atoms with Crippen molar-refractivity contribution in [1.29, 1.82) is 0 Å². The van der Waals surface area contributed by atoms with Gasteiger partial charge in [0.05, 0.1) is 10.0 Å². The number of rotatable bonds is 6. The molecule has 1 aliphatic rings. The molecule has 1 amide bonds. The summed E-state index contributed by atoms with van der Waals surface area (Å²) < 4.78 is 0. The third kappa shape index (κ3) is 4.69. The molecule has 4 nitrogen and oxygen atoms in total. The van der Waals surface area contributed by atoms with Gasteiger partial charge in [-0.3, -0.25) is 4.79 Å². The van der Waals surface area contributed by atoms with E-state index in [0.29, 0.717) is 23.0 Å². The van der Waals surface area contributed by atoms with Crippen LogP contribution in [0, 0.1) is 0 Å². The molecule has 1 aliphatic heterocycles. The first-order valence-electron chi connectivity index (χ1n) is 9.29. The standard InChI is InChI=1S/C22H25Cl2N3O/c1-25(2)12-13-26(3)21-7-5-4-6-16(21)14-17-10-11-27(22(17)28)18-8-9-19(23)20(24)15-18/h4-9,14-15H,10-13H2,1-3H3. The molecular weight excluding hydrogens is 393 g/mol. The number of nitrogens with zero attached hydrogens (tertiary/aromatic N) is 3. The van der Waals surface area contributed by atoms with Gasteiger partial charge in [0.2, 0.25) is 0 Å². The molecule has 0 N–H and O–H groups in total. The first-order chi connectivity index (χ1) is 13.4. The van der Waals surface area contributed by atoms with Crippen molar-refractivity contribution in [3.63, 3.8) is 0 Å². The van der Waals surface area contributed by atoms with Crippen LogP contribution in [0.4, 0.5) is 11.4 Å². The molecule has 28 heavy (non-hydrogen) atoms. The van der Waals surface area contributed by atoms with Gasteiger partial charge in [-0.1, -0.05) is 41.4 Å². The van der Waals surface area contributed by atoms with Crippen LogP contribution < -0.4 is 9.80 Å². The van der Waals surface area contributed by atoms with Crippen molar-refractivity contribution in [2.45, 2.75) is 6.42 Å². The summed E-state index contributed by atoms with van der Waals surface area (Å²) in [7, 11) is 6.21. The molecule has 0 radical (unpaired) electrons. The summed E-state index contributed by atoms with van der Waals surface area (Å²) in [5, 5.41) is 0.944. The van der Waals surface area contributed by atoms with Crippen LogP contribution in [0.2, 0.25) is 10.0 Å². The Kier molecular flexibility index (Phi) is 6.65. The van der Waals surface area contributed by atoms with Crippen molar-refractivity contribution in [3.8, 4) is 0 Å². The van der Waals surface area contributed by atoms with Gasteiger partial charge in [-0.15, -0.1) is 0 Å². The number of carbonyl (C=O) groups is 1. The summed E-state index contributed by atoms with van der Waals surface area (Å²) in [5.41, 5.74) is 3.76. The number of halogens is 2. The monoisotopic (exact) mass is 417 g/mol. The van der Waals surface area contributed by atoms with Crippen molar-refractivity contribution in [2.75, 3.05) is 50.6 Å². The summed E-state index contributed by atoms with van der Waals surface area (Å²) in [6, 6.07) is 13.5. The van der Waals surface area contributed by atoms with Crippen LogP contribution >= 0.6 is 23.2 Å². The SMILES string of the molecule is CN(C)CCN(C)c1ccccc1C=C1CCN(c2ccc(Cl)c(Cl)c2)C1=O. The first-order valence-corrected chi connectivity index (χ1v) is 10.0. The topological polar surface area (TPSA) is 26.8 Å². The Hall–Kier alpha value is -2.01. The van der Waals surface area contributed by atoms with Crippen LogP contribution in [-0.4, -0.2) is 51.6 Å². The maximum absolute atomic E-state index is 13.0. The number of anilines is 2. The van der Waals surface area contributed by atoms with E-state index in [1.807, 2.05) is 24.3 Å². The average Bonchev–Trinajstić information content (AvgIpc) is 3.03. The molecule has 0 bridgehead atoms. The average molecular weight is 418 g/mol. The van der Waals surface area contributed by atoms with Gasteiger partial charge in [0.25, 0.3) is 5.91 Å². The summed E-state index contributed by atoms with van der Waals surface area (Å²) >= 11 is 12.1. The number of carbonyl (C=O) groups excluding carboxylic acids is 1. The molecule has 1 heterocycles. The van der Waals surface area contributed by atoms with Crippen molar-refractivity contribution in [1.82, 2.24) is 4.90 Å². The van der Waals surface area contributed by atoms with E-state index in [-0.39, 0.29) is 5.91 Å². The summed E-state index contributed by atoms with van der Waals surface area (Å²) in [4.78, 5) is 19.1. The second kappa shape index (κ2) is 8.99. The predicted molar refractivity (Wildman–Crippen MR) is 120 cm³/mol. The third-order valence-corrected chi connectivity index (χ3v) is 5.64. The van der Waals surface area contributed by atoms with E-state index in [2.05, 4.69) is 43.1 Å². The van der Waals surface area contributed by atoms with Crippen LogP contribution in [0.1, 0.15) is 12.0 Å². The molecule has 0 unspecified atom stereocenters. The lowest BCUT2D eigenvalue weighted by atomic mass is 10.1. The molecule has 148 valence electrons. The normalized spacial score (nSPS) is 15.7. The van der Waals surface area contributed by atoms with Gasteiger partial charge >= 0.3 is 0 Å². The van der Waals surface area contributed by atoms with Crippen molar-refractivity contribution < 1.29 is 4.79 Å². The van der Waals surface area contributed by atoms with E-state index >= 15 is 0 Å². The molecule has 1 fully saturated rings. The van der Waals surface area contributed by atoms with E-state index in [4.69, 9.17) is 23.2 Å². The molecular formula is C22H25Cl2N3O. The Morgan fingerprint density at radius 1 is 1.04 bits per heavy atom. The van der Waals surface area contributed by atoms with Crippen molar-refractivity contribution >= 4 is 46.6 Å². The van der Waals surface area contributed by atoms with Crippen molar-refractivity contribution in [3.05, 3.63) is 63.6 Å². The Labute approximate surface area is 176 Å².